The summed E-state index contributed by atoms with van der Waals surface area (Å²) < 4.78 is 15.8. The molecule has 0 bridgehead atoms. The summed E-state index contributed by atoms with van der Waals surface area (Å²) in [6, 6.07) is 12.3. The zero-order valence-corrected chi connectivity index (χ0v) is 20.9. The summed E-state index contributed by atoms with van der Waals surface area (Å²) in [6.07, 6.45) is 0. The molecule has 4 rings (SSSR count). The van der Waals surface area contributed by atoms with Gasteiger partial charge in [0, 0.05) is 38.9 Å². The van der Waals surface area contributed by atoms with Gasteiger partial charge in [-0.2, -0.15) is 0 Å². The third-order valence-corrected chi connectivity index (χ3v) is 7.12. The van der Waals surface area contributed by atoms with E-state index in [1.807, 2.05) is 32.0 Å². The molecule has 0 aliphatic carbocycles. The van der Waals surface area contributed by atoms with Crippen molar-refractivity contribution in [3.63, 3.8) is 0 Å². The summed E-state index contributed by atoms with van der Waals surface area (Å²) in [6.45, 7) is 6.66. The third-order valence-electron chi connectivity index (χ3n) is 6.11. The smallest absolute Gasteiger partial charge is 0.238 e. The van der Waals surface area contributed by atoms with Crippen molar-refractivity contribution in [3.05, 3.63) is 59.4 Å². The number of hydrogen-bond acceptors (Lipinski definition) is 6. The minimum atomic E-state index is -0.365. The Morgan fingerprint density at radius 3 is 2.37 bits per heavy atom. The number of halogens is 1. The molecule has 2 amide bonds. The van der Waals surface area contributed by atoms with Crippen molar-refractivity contribution in [2.24, 2.45) is 7.05 Å². The van der Waals surface area contributed by atoms with E-state index in [4.69, 9.17) is 0 Å². The fourth-order valence-electron chi connectivity index (χ4n) is 4.08. The molecule has 184 valence electrons. The van der Waals surface area contributed by atoms with E-state index in [0.717, 1.165) is 16.8 Å². The van der Waals surface area contributed by atoms with E-state index in [2.05, 4.69) is 20.4 Å². The molecule has 0 atom stereocenters. The van der Waals surface area contributed by atoms with Gasteiger partial charge in [0.1, 0.15) is 5.82 Å². The first-order chi connectivity index (χ1) is 16.8. The second-order valence-corrected chi connectivity index (χ2v) is 9.55. The summed E-state index contributed by atoms with van der Waals surface area (Å²) in [5, 5.41) is 11.8. The van der Waals surface area contributed by atoms with E-state index in [0.29, 0.717) is 49.3 Å². The van der Waals surface area contributed by atoms with Crippen molar-refractivity contribution in [2.75, 3.05) is 43.8 Å². The topological polar surface area (TPSA) is 83.4 Å². The number of amides is 2. The molecule has 35 heavy (non-hydrogen) atoms. The first kappa shape index (κ1) is 24.9. The fourth-order valence-corrected chi connectivity index (χ4v) is 4.90. The van der Waals surface area contributed by atoms with Crippen LogP contribution in [0.3, 0.4) is 0 Å². The summed E-state index contributed by atoms with van der Waals surface area (Å²) in [5.41, 5.74) is 3.31. The van der Waals surface area contributed by atoms with Crippen LogP contribution in [0.2, 0.25) is 0 Å². The maximum Gasteiger partial charge on any atom is 0.238 e. The molecule has 1 fully saturated rings. The maximum atomic E-state index is 14.1. The standard InChI is InChI=1S/C25H29FN6O2S/c1-17-7-6-8-18(2)23(17)27-21(33)15-31-11-13-32(14-12-31)22(34)16-35-25-29-28-24(30(25)3)19-9-4-5-10-20(19)26/h4-10H,11-16H2,1-3H3,(H,27,33). The van der Waals surface area contributed by atoms with Crippen LogP contribution >= 0.6 is 11.8 Å². The molecule has 1 aliphatic rings. The number of carbonyl (C=O) groups excluding carboxylic acids is 2. The highest BCUT2D eigenvalue weighted by atomic mass is 32.2. The SMILES string of the molecule is Cc1cccc(C)c1NC(=O)CN1CCN(C(=O)CSc2nnc(-c3ccccc3F)n2C)CC1. The lowest BCUT2D eigenvalue weighted by atomic mass is 10.1. The van der Waals surface area contributed by atoms with Crippen molar-refractivity contribution >= 4 is 29.3 Å². The Morgan fingerprint density at radius 2 is 1.69 bits per heavy atom. The number of benzene rings is 2. The third kappa shape index (κ3) is 5.88. The average Bonchev–Trinajstić information content (AvgIpc) is 3.20. The number of carbonyl (C=O) groups is 2. The molecule has 10 heteroatoms. The predicted octanol–water partition coefficient (Wildman–Crippen LogP) is 3.11. The van der Waals surface area contributed by atoms with E-state index in [1.165, 1.54) is 17.8 Å². The lowest BCUT2D eigenvalue weighted by Gasteiger charge is -2.34. The average molecular weight is 497 g/mol. The molecule has 1 aliphatic heterocycles. The van der Waals surface area contributed by atoms with Gasteiger partial charge in [-0.3, -0.25) is 14.5 Å². The van der Waals surface area contributed by atoms with Gasteiger partial charge in [-0.25, -0.2) is 4.39 Å². The van der Waals surface area contributed by atoms with Crippen LogP contribution in [0, 0.1) is 19.7 Å². The zero-order chi connectivity index (χ0) is 24.9. The highest BCUT2D eigenvalue weighted by molar-refractivity contribution is 7.99. The molecule has 0 unspecified atom stereocenters. The number of aryl methyl sites for hydroxylation is 2. The minimum absolute atomic E-state index is 0.00470. The molecule has 1 saturated heterocycles. The van der Waals surface area contributed by atoms with E-state index in [9.17, 15) is 14.0 Å². The van der Waals surface area contributed by atoms with Crippen LogP contribution < -0.4 is 5.32 Å². The number of anilines is 1. The maximum absolute atomic E-state index is 14.1. The number of hydrogen-bond donors (Lipinski definition) is 1. The van der Waals surface area contributed by atoms with E-state index >= 15 is 0 Å². The first-order valence-electron chi connectivity index (χ1n) is 11.5. The van der Waals surface area contributed by atoms with Gasteiger partial charge >= 0.3 is 0 Å². The monoisotopic (exact) mass is 496 g/mol. The van der Waals surface area contributed by atoms with E-state index < -0.39 is 0 Å². The van der Waals surface area contributed by atoms with Crippen LogP contribution in [0.25, 0.3) is 11.4 Å². The van der Waals surface area contributed by atoms with Crippen molar-refractivity contribution in [1.82, 2.24) is 24.6 Å². The number of para-hydroxylation sites is 1. The summed E-state index contributed by atoms with van der Waals surface area (Å²) in [7, 11) is 1.76. The van der Waals surface area contributed by atoms with Crippen molar-refractivity contribution in [3.8, 4) is 11.4 Å². The van der Waals surface area contributed by atoms with Crippen LogP contribution in [0.15, 0.2) is 47.6 Å². The van der Waals surface area contributed by atoms with Gasteiger partial charge in [0.05, 0.1) is 17.9 Å². The number of rotatable bonds is 7. The number of thioether (sulfide) groups is 1. The normalized spacial score (nSPS) is 14.2. The quantitative estimate of drug-likeness (QED) is 0.506. The van der Waals surface area contributed by atoms with Gasteiger partial charge in [-0.15, -0.1) is 10.2 Å². The molecule has 3 aromatic rings. The molecule has 8 nitrogen and oxygen atoms in total. The molecular weight excluding hydrogens is 467 g/mol. The first-order valence-corrected chi connectivity index (χ1v) is 12.5. The molecule has 1 aromatic heterocycles. The Morgan fingerprint density at radius 1 is 1.00 bits per heavy atom. The lowest BCUT2D eigenvalue weighted by molar-refractivity contribution is -0.130. The van der Waals surface area contributed by atoms with Crippen LogP contribution in [0.4, 0.5) is 10.1 Å². The Kier molecular flexibility index (Phi) is 7.82. The van der Waals surface area contributed by atoms with Crippen LogP contribution in [-0.4, -0.2) is 74.9 Å². The van der Waals surface area contributed by atoms with E-state index in [-0.39, 0.29) is 23.4 Å². The number of piperazine rings is 1. The Bertz CT molecular complexity index is 1200. The molecule has 2 heterocycles. The van der Waals surface area contributed by atoms with Gasteiger partial charge in [0.25, 0.3) is 0 Å². The molecular formula is C25H29FN6O2S. The molecule has 0 spiro atoms. The molecule has 2 aromatic carbocycles. The summed E-state index contributed by atoms with van der Waals surface area (Å²) >= 11 is 1.28. The molecule has 0 radical (unpaired) electrons. The van der Waals surface area contributed by atoms with Crippen molar-refractivity contribution in [1.29, 1.82) is 0 Å². The second-order valence-electron chi connectivity index (χ2n) is 8.61. The highest BCUT2D eigenvalue weighted by Gasteiger charge is 2.24. The minimum Gasteiger partial charge on any atom is -0.339 e. The van der Waals surface area contributed by atoms with E-state index in [1.54, 1.807) is 34.7 Å². The van der Waals surface area contributed by atoms with Gasteiger partial charge in [-0.1, -0.05) is 42.1 Å². The van der Waals surface area contributed by atoms with Gasteiger partial charge < -0.3 is 14.8 Å². The Labute approximate surface area is 208 Å². The van der Waals surface area contributed by atoms with Crippen LogP contribution in [-0.2, 0) is 16.6 Å². The van der Waals surface area contributed by atoms with Crippen LogP contribution in [0.5, 0.6) is 0 Å². The summed E-state index contributed by atoms with van der Waals surface area (Å²) in [5.74, 6) is 0.230. The lowest BCUT2D eigenvalue weighted by Crippen LogP contribution is -2.51. The number of nitrogens with one attached hydrogen (secondary N) is 1. The Hall–Kier alpha value is -3.24. The second kappa shape index (κ2) is 11.0. The van der Waals surface area contributed by atoms with Gasteiger partial charge in [-0.05, 0) is 37.1 Å². The Balaban J connectivity index is 1.25. The number of aromatic nitrogens is 3. The van der Waals surface area contributed by atoms with Gasteiger partial charge in [0.15, 0.2) is 11.0 Å². The summed E-state index contributed by atoms with van der Waals surface area (Å²) in [4.78, 5) is 29.2. The molecule has 1 N–H and O–H groups in total. The van der Waals surface area contributed by atoms with Crippen molar-refractivity contribution in [2.45, 2.75) is 19.0 Å². The number of nitrogens with zero attached hydrogens (tertiary/aromatic N) is 5. The fraction of sp³-hybridized carbons (Fsp3) is 0.360. The van der Waals surface area contributed by atoms with Crippen LogP contribution in [0.1, 0.15) is 11.1 Å². The van der Waals surface area contributed by atoms with Crippen molar-refractivity contribution < 1.29 is 14.0 Å². The predicted molar refractivity (Wildman–Crippen MR) is 135 cm³/mol. The zero-order valence-electron chi connectivity index (χ0n) is 20.1. The highest BCUT2D eigenvalue weighted by Crippen LogP contribution is 2.25. The van der Waals surface area contributed by atoms with Gasteiger partial charge in [0.2, 0.25) is 11.8 Å². The molecule has 0 saturated carbocycles. The largest absolute Gasteiger partial charge is 0.339 e.